The summed E-state index contributed by atoms with van der Waals surface area (Å²) >= 11 is -2.58. The van der Waals surface area contributed by atoms with Crippen LogP contribution in [-0.2, 0) is 11.1 Å². The lowest BCUT2D eigenvalue weighted by molar-refractivity contribution is 0.394. The van der Waals surface area contributed by atoms with Gasteiger partial charge in [0.1, 0.15) is 28.8 Å². The number of benzene rings is 3. The van der Waals surface area contributed by atoms with Crippen LogP contribution in [0.15, 0.2) is 53.4 Å². The highest BCUT2D eigenvalue weighted by Crippen LogP contribution is 2.38. The van der Waals surface area contributed by atoms with E-state index in [0.29, 0.717) is 34.1 Å². The van der Waals surface area contributed by atoms with Gasteiger partial charge in [-0.15, -0.1) is 0 Å². The van der Waals surface area contributed by atoms with Gasteiger partial charge < -0.3 is 23.5 Å². The number of hydrogen-bond donors (Lipinski definition) is 0. The summed E-state index contributed by atoms with van der Waals surface area (Å²) in [4.78, 5) is -0.0648. The van der Waals surface area contributed by atoms with Crippen molar-refractivity contribution in [1.82, 2.24) is 0 Å². The Labute approximate surface area is 176 Å². The standard InChI is InChI=1S/C22H21FO6S/c1-26-15-5-13(6-16(9-15)27-2)20-11-19(30(24)25)12-21(22(20)23)14-7-17(28-3)10-18(8-14)29-4/h5-12H,1-4H3,(H,24,25)/p-1. The molecule has 0 aliphatic carbocycles. The molecule has 8 heteroatoms. The molecule has 0 saturated heterocycles. The van der Waals surface area contributed by atoms with Gasteiger partial charge in [-0.05, 0) is 58.6 Å². The van der Waals surface area contributed by atoms with Gasteiger partial charge in [0.25, 0.3) is 0 Å². The van der Waals surface area contributed by atoms with E-state index in [1.54, 1.807) is 36.4 Å². The molecule has 0 N–H and O–H groups in total. The first-order valence-electron chi connectivity index (χ1n) is 8.79. The average Bonchev–Trinajstić information content (AvgIpc) is 2.78. The fraction of sp³-hybridized carbons (Fsp3) is 0.182. The first kappa shape index (κ1) is 21.6. The third-order valence-electron chi connectivity index (χ3n) is 4.56. The van der Waals surface area contributed by atoms with Crippen LogP contribution < -0.4 is 18.9 Å². The molecule has 3 aromatic carbocycles. The maximum Gasteiger partial charge on any atom is 0.138 e. The van der Waals surface area contributed by atoms with Crippen molar-refractivity contribution in [3.63, 3.8) is 0 Å². The summed E-state index contributed by atoms with van der Waals surface area (Å²) in [6, 6.07) is 12.3. The van der Waals surface area contributed by atoms with Gasteiger partial charge in [-0.25, -0.2) is 4.39 Å². The zero-order valence-corrected chi connectivity index (χ0v) is 17.7. The van der Waals surface area contributed by atoms with Gasteiger partial charge in [0, 0.05) is 28.2 Å². The summed E-state index contributed by atoms with van der Waals surface area (Å²) in [5, 5.41) is 0. The molecular weight excluding hydrogens is 411 g/mol. The Kier molecular flexibility index (Phi) is 6.59. The van der Waals surface area contributed by atoms with Crippen LogP contribution in [0.3, 0.4) is 0 Å². The van der Waals surface area contributed by atoms with Crippen molar-refractivity contribution in [3.05, 3.63) is 54.3 Å². The van der Waals surface area contributed by atoms with E-state index in [1.165, 1.54) is 40.6 Å². The van der Waals surface area contributed by atoms with Crippen molar-refractivity contribution in [2.24, 2.45) is 0 Å². The van der Waals surface area contributed by atoms with Gasteiger partial charge in [0.15, 0.2) is 0 Å². The van der Waals surface area contributed by atoms with Crippen LogP contribution in [0.5, 0.6) is 23.0 Å². The second-order valence-electron chi connectivity index (χ2n) is 6.27. The smallest absolute Gasteiger partial charge is 0.138 e. The number of hydrogen-bond acceptors (Lipinski definition) is 6. The largest absolute Gasteiger partial charge is 0.768 e. The Bertz CT molecular complexity index is 978. The zero-order valence-electron chi connectivity index (χ0n) is 16.9. The quantitative estimate of drug-likeness (QED) is 0.515. The van der Waals surface area contributed by atoms with E-state index in [4.69, 9.17) is 18.9 Å². The molecule has 0 aliphatic heterocycles. The van der Waals surface area contributed by atoms with Gasteiger partial charge in [0.05, 0.1) is 28.4 Å². The molecule has 0 heterocycles. The molecular formula is C22H20FO6S-. The molecule has 158 valence electrons. The number of ether oxygens (including phenoxy) is 4. The fourth-order valence-corrected chi connectivity index (χ4v) is 3.47. The monoisotopic (exact) mass is 431 g/mol. The van der Waals surface area contributed by atoms with E-state index in [0.717, 1.165) is 0 Å². The van der Waals surface area contributed by atoms with Crippen molar-refractivity contribution in [1.29, 1.82) is 0 Å². The first-order chi connectivity index (χ1) is 14.4. The van der Waals surface area contributed by atoms with Gasteiger partial charge in [0.2, 0.25) is 0 Å². The molecule has 0 amide bonds. The first-order valence-corrected chi connectivity index (χ1v) is 9.87. The molecule has 1 atom stereocenters. The SMILES string of the molecule is COc1cc(OC)cc(-c2cc(S(=O)[O-])cc(-c3cc(OC)cc(OC)c3)c2F)c1. The molecule has 1 unspecified atom stereocenters. The van der Waals surface area contributed by atoms with Crippen LogP contribution in [0.25, 0.3) is 22.3 Å². The Balaban J connectivity index is 2.30. The van der Waals surface area contributed by atoms with Crippen molar-refractivity contribution in [3.8, 4) is 45.3 Å². The molecule has 0 aliphatic rings. The second kappa shape index (κ2) is 9.15. The lowest BCUT2D eigenvalue weighted by Gasteiger charge is -2.16. The second-order valence-corrected chi connectivity index (χ2v) is 7.21. The van der Waals surface area contributed by atoms with E-state index in [2.05, 4.69) is 0 Å². The van der Waals surface area contributed by atoms with E-state index < -0.39 is 16.9 Å². The van der Waals surface area contributed by atoms with Crippen LogP contribution in [0.1, 0.15) is 0 Å². The summed E-state index contributed by atoms with van der Waals surface area (Å²) in [6.45, 7) is 0. The highest BCUT2D eigenvalue weighted by atomic mass is 32.2. The van der Waals surface area contributed by atoms with Crippen LogP contribution in [0, 0.1) is 5.82 Å². The van der Waals surface area contributed by atoms with Crippen LogP contribution in [-0.4, -0.2) is 37.2 Å². The Hall–Kier alpha value is -3.10. The van der Waals surface area contributed by atoms with Gasteiger partial charge in [-0.3, -0.25) is 4.21 Å². The van der Waals surface area contributed by atoms with E-state index in [1.807, 2.05) is 0 Å². The van der Waals surface area contributed by atoms with Crippen molar-refractivity contribution < 1.29 is 32.1 Å². The van der Waals surface area contributed by atoms with Gasteiger partial charge in [-0.2, -0.15) is 0 Å². The molecule has 3 rings (SSSR count). The maximum atomic E-state index is 15.7. The Morgan fingerprint density at radius 1 is 0.667 bits per heavy atom. The van der Waals surface area contributed by atoms with E-state index >= 15 is 4.39 Å². The topological polar surface area (TPSA) is 77.1 Å². The predicted octanol–water partition coefficient (Wildman–Crippen LogP) is 4.43. The number of halogens is 1. The maximum absolute atomic E-state index is 15.7. The molecule has 0 fully saturated rings. The Morgan fingerprint density at radius 2 is 1.00 bits per heavy atom. The molecule has 0 spiro atoms. The van der Waals surface area contributed by atoms with Crippen LogP contribution in [0.2, 0.25) is 0 Å². The van der Waals surface area contributed by atoms with Gasteiger partial charge >= 0.3 is 0 Å². The summed E-state index contributed by atoms with van der Waals surface area (Å²) in [7, 11) is 5.91. The summed E-state index contributed by atoms with van der Waals surface area (Å²) in [5.41, 5.74) is 0.996. The zero-order chi connectivity index (χ0) is 21.8. The van der Waals surface area contributed by atoms with Crippen molar-refractivity contribution in [2.75, 3.05) is 28.4 Å². The Morgan fingerprint density at radius 3 is 1.27 bits per heavy atom. The van der Waals surface area contributed by atoms with Crippen molar-refractivity contribution in [2.45, 2.75) is 4.90 Å². The molecule has 6 nitrogen and oxygen atoms in total. The summed E-state index contributed by atoms with van der Waals surface area (Å²) in [6.07, 6.45) is 0. The lowest BCUT2D eigenvalue weighted by atomic mass is 9.97. The van der Waals surface area contributed by atoms with E-state index in [-0.39, 0.29) is 16.0 Å². The lowest BCUT2D eigenvalue weighted by Crippen LogP contribution is -1.98. The molecule has 0 saturated carbocycles. The normalized spacial score (nSPS) is 11.7. The minimum Gasteiger partial charge on any atom is -0.768 e. The number of rotatable bonds is 7. The van der Waals surface area contributed by atoms with Crippen LogP contribution >= 0.6 is 0 Å². The molecule has 0 aromatic heterocycles. The molecule has 0 radical (unpaired) electrons. The minimum atomic E-state index is -2.58. The molecule has 0 bridgehead atoms. The van der Waals surface area contributed by atoms with E-state index in [9.17, 15) is 8.76 Å². The minimum absolute atomic E-state index is 0.0648. The fourth-order valence-electron chi connectivity index (χ4n) is 3.04. The third-order valence-corrected chi connectivity index (χ3v) is 5.18. The molecule has 3 aromatic rings. The predicted molar refractivity (Wildman–Crippen MR) is 111 cm³/mol. The van der Waals surface area contributed by atoms with Crippen LogP contribution in [0.4, 0.5) is 4.39 Å². The summed E-state index contributed by atoms with van der Waals surface area (Å²) in [5.74, 6) is 1.18. The van der Waals surface area contributed by atoms with Gasteiger partial charge in [-0.1, -0.05) is 0 Å². The number of methoxy groups -OCH3 is 4. The average molecular weight is 431 g/mol. The van der Waals surface area contributed by atoms with Crippen molar-refractivity contribution >= 4 is 11.1 Å². The third kappa shape index (κ3) is 4.39. The summed E-state index contributed by atoms with van der Waals surface area (Å²) < 4.78 is 60.2. The highest BCUT2D eigenvalue weighted by Gasteiger charge is 2.17. The molecule has 30 heavy (non-hydrogen) atoms. The highest BCUT2D eigenvalue weighted by molar-refractivity contribution is 7.79.